The van der Waals surface area contributed by atoms with Crippen molar-refractivity contribution in [3.8, 4) is 5.75 Å². The molecule has 0 bridgehead atoms. The number of thiophene rings is 1. The predicted octanol–water partition coefficient (Wildman–Crippen LogP) is 2.45. The topological polar surface area (TPSA) is 69.7 Å². The number of halogens is 3. The van der Waals surface area contributed by atoms with Crippen LogP contribution in [0.2, 0.25) is 0 Å². The van der Waals surface area contributed by atoms with Gasteiger partial charge in [-0.3, -0.25) is 0 Å². The minimum Gasteiger partial charge on any atom is -0.462 e. The lowest BCUT2D eigenvalue weighted by Gasteiger charge is -2.05. The van der Waals surface area contributed by atoms with Crippen LogP contribution in [0.15, 0.2) is 10.3 Å². The highest BCUT2D eigenvalue weighted by molar-refractivity contribution is 8.14. The molecule has 10 heteroatoms. The molecule has 5 nitrogen and oxygen atoms in total. The van der Waals surface area contributed by atoms with Crippen molar-refractivity contribution in [3.63, 3.8) is 0 Å². The summed E-state index contributed by atoms with van der Waals surface area (Å²) in [4.78, 5) is 10.2. The molecule has 1 heterocycles. The van der Waals surface area contributed by atoms with E-state index in [0.717, 1.165) is 5.38 Å². The highest BCUT2D eigenvalue weighted by atomic mass is 35.7. The van der Waals surface area contributed by atoms with Crippen LogP contribution < -0.4 is 4.74 Å². The first kappa shape index (κ1) is 15.1. The fraction of sp³-hybridized carbons (Fsp3) is 0.375. The van der Waals surface area contributed by atoms with Crippen molar-refractivity contribution in [2.24, 2.45) is 0 Å². The number of ether oxygens (including phenoxy) is 2. The number of esters is 1. The predicted molar refractivity (Wildman–Crippen MR) is 59.9 cm³/mol. The Morgan fingerprint density at radius 3 is 2.61 bits per heavy atom. The third kappa shape index (κ3) is 3.53. The first-order chi connectivity index (χ1) is 8.27. The molecule has 0 amide bonds. The van der Waals surface area contributed by atoms with E-state index in [1.807, 2.05) is 0 Å². The fourth-order valence-electron chi connectivity index (χ4n) is 1.08. The van der Waals surface area contributed by atoms with E-state index in [9.17, 15) is 22.0 Å². The lowest BCUT2D eigenvalue weighted by Crippen LogP contribution is -2.09. The summed E-state index contributed by atoms with van der Waals surface area (Å²) in [6.45, 7) is -1.72. The maximum absolute atomic E-state index is 12.1. The van der Waals surface area contributed by atoms with Crippen LogP contribution in [0.3, 0.4) is 0 Å². The molecular weight excluding hydrogens is 314 g/mol. The molecule has 0 saturated carbocycles. The number of carbonyl (C=O) groups excluding carboxylic acids is 1. The summed E-state index contributed by atoms with van der Waals surface area (Å²) in [5.74, 6) is -1.64. The molecule has 0 saturated heterocycles. The molecule has 0 aliphatic rings. The van der Waals surface area contributed by atoms with Crippen molar-refractivity contribution in [2.75, 3.05) is 6.61 Å². The molecule has 0 fully saturated rings. The molecule has 18 heavy (non-hydrogen) atoms. The van der Waals surface area contributed by atoms with Crippen molar-refractivity contribution in [1.29, 1.82) is 0 Å². The van der Waals surface area contributed by atoms with Crippen molar-refractivity contribution in [1.82, 2.24) is 0 Å². The molecule has 1 rings (SSSR count). The molecule has 0 spiro atoms. The smallest absolute Gasteiger partial charge is 0.387 e. The molecule has 0 aromatic carbocycles. The van der Waals surface area contributed by atoms with E-state index >= 15 is 0 Å². The second-order valence-electron chi connectivity index (χ2n) is 2.80. The first-order valence-corrected chi connectivity index (χ1v) is 7.64. The van der Waals surface area contributed by atoms with E-state index in [2.05, 4.69) is 9.47 Å². The third-order valence-corrected chi connectivity index (χ3v) is 4.06. The van der Waals surface area contributed by atoms with Crippen molar-refractivity contribution in [2.45, 2.75) is 18.4 Å². The van der Waals surface area contributed by atoms with E-state index in [-0.39, 0.29) is 6.61 Å². The van der Waals surface area contributed by atoms with Crippen molar-refractivity contribution in [3.05, 3.63) is 10.3 Å². The summed E-state index contributed by atoms with van der Waals surface area (Å²) >= 11 is 0.597. The zero-order valence-corrected chi connectivity index (χ0v) is 11.2. The van der Waals surface area contributed by atoms with Crippen LogP contribution in [0.25, 0.3) is 0 Å². The van der Waals surface area contributed by atoms with Gasteiger partial charge in [-0.15, -0.1) is 11.3 Å². The van der Waals surface area contributed by atoms with Gasteiger partial charge in [0.15, 0.2) is 5.75 Å². The van der Waals surface area contributed by atoms with Gasteiger partial charge >= 0.3 is 12.6 Å². The second kappa shape index (κ2) is 5.81. The normalized spacial score (nSPS) is 11.6. The average Bonchev–Trinajstić information content (AvgIpc) is 2.60. The number of carbonyl (C=O) groups is 1. The maximum atomic E-state index is 12.1. The number of hydrogen-bond donors (Lipinski definition) is 0. The fourth-order valence-corrected chi connectivity index (χ4v) is 3.64. The number of rotatable bonds is 5. The van der Waals surface area contributed by atoms with Crippen LogP contribution in [-0.2, 0) is 13.8 Å². The standard InChI is InChI=1S/C8H7ClF2O5S2/c1-2-15-7(12)5-6(18(9,13)14)4(3-17-5)16-8(10)11/h3,8H,2H2,1H3. The molecule has 102 valence electrons. The van der Waals surface area contributed by atoms with Gasteiger partial charge in [0.2, 0.25) is 0 Å². The van der Waals surface area contributed by atoms with Crippen LogP contribution in [0.5, 0.6) is 5.75 Å². The molecule has 0 atom stereocenters. The van der Waals surface area contributed by atoms with Gasteiger partial charge in [-0.05, 0) is 6.92 Å². The first-order valence-electron chi connectivity index (χ1n) is 4.45. The maximum Gasteiger partial charge on any atom is 0.387 e. The zero-order valence-electron chi connectivity index (χ0n) is 8.85. The van der Waals surface area contributed by atoms with Gasteiger partial charge in [-0.2, -0.15) is 8.78 Å². The summed E-state index contributed by atoms with van der Waals surface area (Å²) in [5, 5.41) is 0.952. The Labute approximate surface area is 110 Å². The van der Waals surface area contributed by atoms with Crippen LogP contribution in [0.1, 0.15) is 16.6 Å². The molecule has 1 aromatic heterocycles. The Hall–Kier alpha value is -0.930. The van der Waals surface area contributed by atoms with Gasteiger partial charge in [-0.1, -0.05) is 0 Å². The van der Waals surface area contributed by atoms with E-state index in [1.165, 1.54) is 6.92 Å². The van der Waals surface area contributed by atoms with Crippen LogP contribution >= 0.6 is 22.0 Å². The Bertz CT molecular complexity index is 540. The lowest BCUT2D eigenvalue weighted by atomic mass is 10.4. The van der Waals surface area contributed by atoms with Gasteiger partial charge in [0.25, 0.3) is 9.05 Å². The molecular formula is C8H7ClF2O5S2. The third-order valence-electron chi connectivity index (χ3n) is 1.63. The summed E-state index contributed by atoms with van der Waals surface area (Å²) < 4.78 is 55.3. The molecule has 0 aliphatic heterocycles. The largest absolute Gasteiger partial charge is 0.462 e. The molecule has 1 aromatic rings. The van der Waals surface area contributed by atoms with Gasteiger partial charge in [-0.25, -0.2) is 13.2 Å². The van der Waals surface area contributed by atoms with E-state index in [0.29, 0.717) is 11.3 Å². The van der Waals surface area contributed by atoms with Crippen LogP contribution in [0.4, 0.5) is 8.78 Å². The zero-order chi connectivity index (χ0) is 13.9. The summed E-state index contributed by atoms with van der Waals surface area (Å²) in [6.07, 6.45) is 0. The Kier molecular flexibility index (Phi) is 4.88. The number of alkyl halides is 2. The van der Waals surface area contributed by atoms with Crippen LogP contribution in [0, 0.1) is 0 Å². The Morgan fingerprint density at radius 1 is 1.56 bits per heavy atom. The van der Waals surface area contributed by atoms with E-state index in [1.54, 1.807) is 0 Å². The highest BCUT2D eigenvalue weighted by Crippen LogP contribution is 2.37. The van der Waals surface area contributed by atoms with Crippen molar-refractivity contribution < 1.29 is 31.5 Å². The quantitative estimate of drug-likeness (QED) is 0.615. The minimum atomic E-state index is -4.41. The van der Waals surface area contributed by atoms with E-state index < -0.39 is 37.2 Å². The van der Waals surface area contributed by atoms with E-state index in [4.69, 9.17) is 10.7 Å². The van der Waals surface area contributed by atoms with Gasteiger partial charge < -0.3 is 9.47 Å². The molecule has 0 N–H and O–H groups in total. The Balaban J connectivity index is 3.29. The van der Waals surface area contributed by atoms with Crippen molar-refractivity contribution >= 4 is 37.0 Å². The molecule has 0 aliphatic carbocycles. The van der Waals surface area contributed by atoms with Gasteiger partial charge in [0.05, 0.1) is 6.61 Å². The van der Waals surface area contributed by atoms with Gasteiger partial charge in [0.1, 0.15) is 9.77 Å². The lowest BCUT2D eigenvalue weighted by molar-refractivity contribution is -0.0514. The van der Waals surface area contributed by atoms with Crippen LogP contribution in [-0.4, -0.2) is 27.6 Å². The number of hydrogen-bond acceptors (Lipinski definition) is 6. The average molecular weight is 321 g/mol. The summed E-state index contributed by atoms with van der Waals surface area (Å²) in [6, 6.07) is 0. The molecule has 0 unspecified atom stereocenters. The minimum absolute atomic E-state index is 0.00352. The summed E-state index contributed by atoms with van der Waals surface area (Å²) in [7, 11) is 0.678. The highest BCUT2D eigenvalue weighted by Gasteiger charge is 2.30. The monoisotopic (exact) mass is 320 g/mol. The second-order valence-corrected chi connectivity index (χ2v) is 6.18. The summed E-state index contributed by atoms with van der Waals surface area (Å²) in [5.41, 5.74) is 0. The van der Waals surface area contributed by atoms with Gasteiger partial charge in [0, 0.05) is 16.1 Å². The Morgan fingerprint density at radius 2 is 2.17 bits per heavy atom. The molecule has 0 radical (unpaired) electrons. The SMILES string of the molecule is CCOC(=O)c1scc(OC(F)F)c1S(=O)(=O)Cl.